The van der Waals surface area contributed by atoms with E-state index < -0.39 is 0 Å². The van der Waals surface area contributed by atoms with Crippen LogP contribution in [0.1, 0.15) is 44.6 Å². The van der Waals surface area contributed by atoms with Crippen molar-refractivity contribution >= 4 is 5.91 Å². The third-order valence-corrected chi connectivity index (χ3v) is 3.67. The highest BCUT2D eigenvalue weighted by molar-refractivity contribution is 5.76. The second-order valence-corrected chi connectivity index (χ2v) is 5.17. The maximum atomic E-state index is 13.2. The van der Waals surface area contributed by atoms with E-state index in [1.165, 1.54) is 6.07 Å². The van der Waals surface area contributed by atoms with Crippen molar-refractivity contribution in [2.24, 2.45) is 0 Å². The zero-order chi connectivity index (χ0) is 13.0. The molecular formula is C15H20FNO. The first kappa shape index (κ1) is 13.1. The van der Waals surface area contributed by atoms with Crippen molar-refractivity contribution in [1.29, 1.82) is 0 Å². The summed E-state index contributed by atoms with van der Waals surface area (Å²) < 4.78 is 13.2. The smallest absolute Gasteiger partial charge is 0.220 e. The van der Waals surface area contributed by atoms with E-state index in [9.17, 15) is 9.18 Å². The molecule has 1 fully saturated rings. The molecule has 0 spiro atoms. The van der Waals surface area contributed by atoms with Crippen molar-refractivity contribution in [3.63, 3.8) is 0 Å². The summed E-state index contributed by atoms with van der Waals surface area (Å²) in [6.45, 7) is 2.71. The first-order valence-corrected chi connectivity index (χ1v) is 6.69. The largest absolute Gasteiger partial charge is 0.355 e. The Balaban J connectivity index is 1.91. The molecular weight excluding hydrogens is 229 g/mol. The topological polar surface area (TPSA) is 29.1 Å². The van der Waals surface area contributed by atoms with Crippen molar-refractivity contribution in [3.8, 4) is 0 Å². The highest BCUT2D eigenvalue weighted by Gasteiger charge is 2.44. The van der Waals surface area contributed by atoms with Crippen LogP contribution in [0.4, 0.5) is 4.39 Å². The second kappa shape index (κ2) is 5.51. The highest BCUT2D eigenvalue weighted by Crippen LogP contribution is 2.47. The first-order chi connectivity index (χ1) is 8.66. The lowest BCUT2D eigenvalue weighted by Crippen LogP contribution is -2.32. The number of hydrogen-bond donors (Lipinski definition) is 1. The Bertz CT molecular complexity index is 426. The molecule has 0 unspecified atom stereocenters. The van der Waals surface area contributed by atoms with Gasteiger partial charge < -0.3 is 5.32 Å². The summed E-state index contributed by atoms with van der Waals surface area (Å²) in [4.78, 5) is 11.6. The third kappa shape index (κ3) is 3.09. The molecule has 0 atom stereocenters. The van der Waals surface area contributed by atoms with Crippen molar-refractivity contribution in [3.05, 3.63) is 35.6 Å². The molecule has 1 aliphatic carbocycles. The van der Waals surface area contributed by atoms with Gasteiger partial charge in [0.25, 0.3) is 0 Å². The summed E-state index contributed by atoms with van der Waals surface area (Å²) in [7, 11) is 0. The number of hydrogen-bond acceptors (Lipinski definition) is 1. The summed E-state index contributed by atoms with van der Waals surface area (Å²) in [5.41, 5.74) is 1.00. The Morgan fingerprint density at radius 1 is 1.44 bits per heavy atom. The van der Waals surface area contributed by atoms with Gasteiger partial charge in [0.05, 0.1) is 0 Å². The van der Waals surface area contributed by atoms with Gasteiger partial charge >= 0.3 is 0 Å². The van der Waals surface area contributed by atoms with Crippen LogP contribution in [0.3, 0.4) is 0 Å². The van der Waals surface area contributed by atoms with Gasteiger partial charge in [-0.1, -0.05) is 25.5 Å². The number of carbonyl (C=O) groups excluding carboxylic acids is 1. The van der Waals surface area contributed by atoms with Crippen LogP contribution >= 0.6 is 0 Å². The number of rotatable bonds is 6. The zero-order valence-electron chi connectivity index (χ0n) is 10.8. The van der Waals surface area contributed by atoms with E-state index in [2.05, 4.69) is 12.2 Å². The Kier molecular flexibility index (Phi) is 4.00. The van der Waals surface area contributed by atoms with E-state index in [-0.39, 0.29) is 17.1 Å². The average molecular weight is 249 g/mol. The van der Waals surface area contributed by atoms with E-state index in [0.717, 1.165) is 31.2 Å². The third-order valence-electron chi connectivity index (χ3n) is 3.67. The van der Waals surface area contributed by atoms with Crippen LogP contribution in [-0.2, 0) is 10.2 Å². The summed E-state index contributed by atoms with van der Waals surface area (Å²) in [5.74, 6) is -0.0874. The van der Waals surface area contributed by atoms with E-state index in [4.69, 9.17) is 0 Å². The van der Waals surface area contributed by atoms with Crippen LogP contribution in [0.15, 0.2) is 24.3 Å². The van der Waals surface area contributed by atoms with E-state index in [1.54, 1.807) is 12.1 Å². The minimum absolute atomic E-state index is 0.00995. The maximum absolute atomic E-state index is 13.2. The fourth-order valence-electron chi connectivity index (χ4n) is 2.23. The molecule has 1 aliphatic rings. The molecule has 98 valence electrons. The lowest BCUT2D eigenvalue weighted by molar-refractivity contribution is -0.121. The fourth-order valence-corrected chi connectivity index (χ4v) is 2.23. The molecule has 0 aromatic heterocycles. The normalized spacial score (nSPS) is 16.3. The maximum Gasteiger partial charge on any atom is 0.220 e. The molecule has 1 saturated carbocycles. The molecule has 2 rings (SSSR count). The van der Waals surface area contributed by atoms with Gasteiger partial charge in [0.2, 0.25) is 5.91 Å². The molecule has 1 N–H and O–H groups in total. The number of amides is 1. The second-order valence-electron chi connectivity index (χ2n) is 5.17. The fraction of sp³-hybridized carbons (Fsp3) is 0.533. The Hall–Kier alpha value is -1.38. The predicted octanol–water partition coefficient (Wildman–Crippen LogP) is 3.16. The highest BCUT2D eigenvalue weighted by atomic mass is 19.1. The molecule has 1 aromatic rings. The molecule has 0 bridgehead atoms. The quantitative estimate of drug-likeness (QED) is 0.824. The standard InChI is InChI=1S/C15H20FNO/c1-2-3-7-14(18)17-11-15(8-9-15)12-5-4-6-13(16)10-12/h4-6,10H,2-3,7-9,11H2,1H3,(H,17,18). The molecule has 2 nitrogen and oxygen atoms in total. The summed E-state index contributed by atoms with van der Waals surface area (Å²) >= 11 is 0. The van der Waals surface area contributed by atoms with E-state index in [0.29, 0.717) is 13.0 Å². The summed E-state index contributed by atoms with van der Waals surface area (Å²) in [5, 5.41) is 2.98. The van der Waals surface area contributed by atoms with Gasteiger partial charge in [-0.25, -0.2) is 4.39 Å². The molecule has 18 heavy (non-hydrogen) atoms. The van der Waals surface area contributed by atoms with E-state index in [1.807, 2.05) is 6.07 Å². The van der Waals surface area contributed by atoms with Crippen LogP contribution in [0.2, 0.25) is 0 Å². The van der Waals surface area contributed by atoms with Gasteiger partial charge in [-0.05, 0) is 37.0 Å². The molecule has 0 saturated heterocycles. The number of carbonyl (C=O) groups is 1. The minimum atomic E-state index is -0.198. The van der Waals surface area contributed by atoms with Crippen molar-refractivity contribution in [2.75, 3.05) is 6.54 Å². The zero-order valence-corrected chi connectivity index (χ0v) is 10.8. The van der Waals surface area contributed by atoms with Gasteiger partial charge in [0.1, 0.15) is 5.82 Å². The molecule has 0 radical (unpaired) electrons. The SMILES string of the molecule is CCCCC(=O)NCC1(c2cccc(F)c2)CC1. The molecule has 3 heteroatoms. The van der Waals surface area contributed by atoms with Gasteiger partial charge in [0.15, 0.2) is 0 Å². The van der Waals surface area contributed by atoms with Crippen LogP contribution in [-0.4, -0.2) is 12.5 Å². The van der Waals surface area contributed by atoms with Crippen LogP contribution in [0.5, 0.6) is 0 Å². The van der Waals surface area contributed by atoms with E-state index >= 15 is 0 Å². The number of benzene rings is 1. The Labute approximate surface area is 108 Å². The first-order valence-electron chi connectivity index (χ1n) is 6.69. The number of nitrogens with one attached hydrogen (secondary N) is 1. The molecule has 0 heterocycles. The predicted molar refractivity (Wildman–Crippen MR) is 69.8 cm³/mol. The van der Waals surface area contributed by atoms with Crippen molar-refractivity contribution < 1.29 is 9.18 Å². The lowest BCUT2D eigenvalue weighted by Gasteiger charge is -2.16. The number of unbranched alkanes of at least 4 members (excludes halogenated alkanes) is 1. The van der Waals surface area contributed by atoms with Gasteiger partial charge in [-0.15, -0.1) is 0 Å². The summed E-state index contributed by atoms with van der Waals surface area (Å²) in [6, 6.07) is 6.74. The molecule has 0 aliphatic heterocycles. The average Bonchev–Trinajstić information content (AvgIpc) is 3.15. The molecule has 1 aromatic carbocycles. The Morgan fingerprint density at radius 2 is 2.22 bits per heavy atom. The summed E-state index contributed by atoms with van der Waals surface area (Å²) in [6.07, 6.45) is 4.62. The van der Waals surface area contributed by atoms with Crippen LogP contribution in [0.25, 0.3) is 0 Å². The number of halogens is 1. The van der Waals surface area contributed by atoms with Gasteiger partial charge in [0, 0.05) is 18.4 Å². The molecule has 1 amide bonds. The lowest BCUT2D eigenvalue weighted by atomic mass is 9.96. The monoisotopic (exact) mass is 249 g/mol. The van der Waals surface area contributed by atoms with Gasteiger partial charge in [-0.3, -0.25) is 4.79 Å². The minimum Gasteiger partial charge on any atom is -0.355 e. The van der Waals surface area contributed by atoms with Crippen molar-refractivity contribution in [2.45, 2.75) is 44.4 Å². The van der Waals surface area contributed by atoms with Crippen LogP contribution < -0.4 is 5.32 Å². The van der Waals surface area contributed by atoms with Crippen molar-refractivity contribution in [1.82, 2.24) is 5.32 Å². The Morgan fingerprint density at radius 3 is 2.83 bits per heavy atom. The van der Waals surface area contributed by atoms with Gasteiger partial charge in [-0.2, -0.15) is 0 Å². The van der Waals surface area contributed by atoms with Crippen LogP contribution in [0, 0.1) is 5.82 Å².